The lowest BCUT2D eigenvalue weighted by Crippen LogP contribution is -2.41. The van der Waals surface area contributed by atoms with Gasteiger partial charge in [-0.05, 0) is 38.0 Å². The molecule has 1 aliphatic heterocycles. The van der Waals surface area contributed by atoms with Crippen LogP contribution in [0.25, 0.3) is 11.5 Å². The summed E-state index contributed by atoms with van der Waals surface area (Å²) in [5, 5.41) is 7.14. The summed E-state index contributed by atoms with van der Waals surface area (Å²) in [6.45, 7) is 3.14. The Morgan fingerprint density at radius 1 is 1.12 bits per heavy atom. The molecule has 1 atom stereocenters. The fraction of sp³-hybridized carbons (Fsp3) is 0.292. The van der Waals surface area contributed by atoms with Crippen LogP contribution >= 0.6 is 0 Å². The summed E-state index contributed by atoms with van der Waals surface area (Å²) in [6, 6.07) is 13.1. The Balaban J connectivity index is 1.35. The van der Waals surface area contributed by atoms with Crippen LogP contribution in [0.15, 0.2) is 66.0 Å². The van der Waals surface area contributed by atoms with Gasteiger partial charge in [-0.2, -0.15) is 5.10 Å². The van der Waals surface area contributed by atoms with E-state index >= 15 is 0 Å². The summed E-state index contributed by atoms with van der Waals surface area (Å²) in [6.07, 6.45) is 6.62. The van der Waals surface area contributed by atoms with E-state index in [1.165, 1.54) is 6.33 Å². The predicted octanol–water partition coefficient (Wildman–Crippen LogP) is 2.32. The Hall–Kier alpha value is -4.21. The molecule has 0 bridgehead atoms. The number of anilines is 2. The van der Waals surface area contributed by atoms with Crippen molar-refractivity contribution in [3.63, 3.8) is 0 Å². The van der Waals surface area contributed by atoms with Crippen molar-refractivity contribution < 1.29 is 4.79 Å². The van der Waals surface area contributed by atoms with E-state index in [1.54, 1.807) is 20.2 Å². The van der Waals surface area contributed by atoms with Crippen molar-refractivity contribution >= 4 is 17.4 Å². The van der Waals surface area contributed by atoms with Crippen LogP contribution in [0.3, 0.4) is 0 Å². The van der Waals surface area contributed by atoms with Crippen molar-refractivity contribution in [1.29, 1.82) is 0 Å². The molecule has 1 saturated heterocycles. The first-order chi connectivity index (χ1) is 16.5. The molecule has 4 heterocycles. The molecule has 10 nitrogen and oxygen atoms in total. The summed E-state index contributed by atoms with van der Waals surface area (Å²) in [7, 11) is 1.81. The number of amides is 1. The SMILES string of the molecule is Cc1c(NC(=O)C2CCCN(c3cc(-n4cccn4)ncn3)C2)c(=O)n(-c2ccccc2)n1C. The van der Waals surface area contributed by atoms with Crippen LogP contribution < -0.4 is 15.8 Å². The minimum Gasteiger partial charge on any atom is -0.356 e. The molecule has 1 amide bonds. The first-order valence-electron chi connectivity index (χ1n) is 11.2. The highest BCUT2D eigenvalue weighted by atomic mass is 16.2. The monoisotopic (exact) mass is 458 g/mol. The first-order valence-corrected chi connectivity index (χ1v) is 11.2. The summed E-state index contributed by atoms with van der Waals surface area (Å²) >= 11 is 0. The molecule has 1 N–H and O–H groups in total. The number of hydrogen-bond acceptors (Lipinski definition) is 6. The van der Waals surface area contributed by atoms with Gasteiger partial charge in [0.1, 0.15) is 17.8 Å². The number of piperidine rings is 1. The van der Waals surface area contributed by atoms with E-state index in [1.807, 2.05) is 62.6 Å². The van der Waals surface area contributed by atoms with Gasteiger partial charge in [-0.1, -0.05) is 18.2 Å². The second-order valence-corrected chi connectivity index (χ2v) is 8.40. The predicted molar refractivity (Wildman–Crippen MR) is 128 cm³/mol. The topological polar surface area (TPSA) is 103 Å². The highest BCUT2D eigenvalue weighted by Gasteiger charge is 2.29. The van der Waals surface area contributed by atoms with Gasteiger partial charge in [-0.25, -0.2) is 19.3 Å². The van der Waals surface area contributed by atoms with E-state index in [0.29, 0.717) is 23.7 Å². The lowest BCUT2D eigenvalue weighted by molar-refractivity contribution is -0.120. The van der Waals surface area contributed by atoms with Gasteiger partial charge < -0.3 is 10.2 Å². The van der Waals surface area contributed by atoms with E-state index in [0.717, 1.165) is 30.9 Å². The Labute approximate surface area is 196 Å². The molecule has 1 fully saturated rings. The number of carbonyl (C=O) groups excluding carboxylic acids is 1. The number of rotatable bonds is 5. The maximum Gasteiger partial charge on any atom is 0.295 e. The molecule has 0 saturated carbocycles. The van der Waals surface area contributed by atoms with Crippen molar-refractivity contribution in [2.75, 3.05) is 23.3 Å². The number of carbonyl (C=O) groups is 1. The van der Waals surface area contributed by atoms with Crippen molar-refractivity contribution in [2.45, 2.75) is 19.8 Å². The maximum atomic E-state index is 13.2. The maximum absolute atomic E-state index is 13.2. The molecule has 0 spiro atoms. The molecule has 3 aromatic heterocycles. The summed E-state index contributed by atoms with van der Waals surface area (Å²) < 4.78 is 5.00. The van der Waals surface area contributed by atoms with Gasteiger partial charge in [0.15, 0.2) is 5.82 Å². The molecule has 0 radical (unpaired) electrons. The highest BCUT2D eigenvalue weighted by Crippen LogP contribution is 2.24. The molecule has 5 rings (SSSR count). The van der Waals surface area contributed by atoms with Crippen LogP contribution in [-0.4, -0.2) is 48.1 Å². The first kappa shape index (κ1) is 21.6. The summed E-state index contributed by atoms with van der Waals surface area (Å²) in [5.74, 6) is 1.00. The van der Waals surface area contributed by atoms with Gasteiger partial charge >= 0.3 is 0 Å². The van der Waals surface area contributed by atoms with E-state index < -0.39 is 0 Å². The third-order valence-corrected chi connectivity index (χ3v) is 6.30. The lowest BCUT2D eigenvalue weighted by Gasteiger charge is -2.32. The molecular formula is C24H26N8O2. The van der Waals surface area contributed by atoms with Crippen molar-refractivity contribution in [3.05, 3.63) is 77.2 Å². The van der Waals surface area contributed by atoms with Crippen LogP contribution in [0.5, 0.6) is 0 Å². The zero-order valence-electron chi connectivity index (χ0n) is 19.1. The zero-order chi connectivity index (χ0) is 23.7. The molecule has 10 heteroatoms. The standard InChI is InChI=1S/C24H26N8O2/c1-17-22(24(34)32(29(17)2)19-9-4-3-5-10-19)28-23(33)18-8-6-12-30(15-18)20-14-21(26-16-25-20)31-13-7-11-27-31/h3-5,7,9-11,13-14,16,18H,6,8,12,15H2,1-2H3,(H,28,33). The highest BCUT2D eigenvalue weighted by molar-refractivity contribution is 5.93. The normalized spacial score (nSPS) is 15.9. The quantitative estimate of drug-likeness (QED) is 0.492. The fourth-order valence-electron chi connectivity index (χ4n) is 4.38. The van der Waals surface area contributed by atoms with E-state index in [9.17, 15) is 9.59 Å². The van der Waals surface area contributed by atoms with Crippen molar-refractivity contribution in [2.24, 2.45) is 13.0 Å². The molecule has 34 heavy (non-hydrogen) atoms. The van der Waals surface area contributed by atoms with Crippen LogP contribution in [0.2, 0.25) is 0 Å². The number of hydrogen-bond donors (Lipinski definition) is 1. The van der Waals surface area contributed by atoms with Gasteiger partial charge in [0.05, 0.1) is 17.3 Å². The average Bonchev–Trinajstić information content (AvgIpc) is 3.49. The van der Waals surface area contributed by atoms with Gasteiger partial charge in [0, 0.05) is 38.6 Å². The number of para-hydroxylation sites is 1. The molecule has 174 valence electrons. The average molecular weight is 459 g/mol. The molecule has 1 unspecified atom stereocenters. The van der Waals surface area contributed by atoms with E-state index in [-0.39, 0.29) is 17.4 Å². The number of aromatic nitrogens is 6. The Morgan fingerprint density at radius 3 is 2.68 bits per heavy atom. The second kappa shape index (κ2) is 8.97. The van der Waals surface area contributed by atoms with E-state index in [4.69, 9.17) is 0 Å². The van der Waals surface area contributed by atoms with Crippen molar-refractivity contribution in [1.82, 2.24) is 29.1 Å². The Morgan fingerprint density at radius 2 is 1.91 bits per heavy atom. The number of benzene rings is 1. The summed E-state index contributed by atoms with van der Waals surface area (Å²) in [4.78, 5) is 37.2. The van der Waals surface area contributed by atoms with Gasteiger partial charge in [-0.3, -0.25) is 14.3 Å². The molecule has 1 aliphatic rings. The van der Waals surface area contributed by atoms with Crippen LogP contribution in [-0.2, 0) is 11.8 Å². The lowest BCUT2D eigenvalue weighted by atomic mass is 9.97. The largest absolute Gasteiger partial charge is 0.356 e. The molecule has 1 aromatic carbocycles. The molecular weight excluding hydrogens is 432 g/mol. The molecule has 0 aliphatic carbocycles. The number of nitrogens with zero attached hydrogens (tertiary/aromatic N) is 7. The van der Waals surface area contributed by atoms with Gasteiger partial charge in [0.25, 0.3) is 5.56 Å². The fourth-order valence-corrected chi connectivity index (χ4v) is 4.38. The third kappa shape index (κ3) is 3.98. The Kier molecular flexibility index (Phi) is 5.70. The minimum atomic E-state index is -0.263. The van der Waals surface area contributed by atoms with Gasteiger partial charge in [-0.15, -0.1) is 0 Å². The third-order valence-electron chi connectivity index (χ3n) is 6.30. The second-order valence-electron chi connectivity index (χ2n) is 8.40. The minimum absolute atomic E-state index is 0.155. The zero-order valence-corrected chi connectivity index (χ0v) is 19.1. The van der Waals surface area contributed by atoms with E-state index in [2.05, 4.69) is 25.3 Å². The summed E-state index contributed by atoms with van der Waals surface area (Å²) in [5.41, 5.74) is 1.53. The van der Waals surface area contributed by atoms with Crippen molar-refractivity contribution in [3.8, 4) is 11.5 Å². The molecule has 4 aromatic rings. The Bertz CT molecular complexity index is 1360. The van der Waals surface area contributed by atoms with Crippen LogP contribution in [0, 0.1) is 12.8 Å². The van der Waals surface area contributed by atoms with Crippen LogP contribution in [0.4, 0.5) is 11.5 Å². The van der Waals surface area contributed by atoms with Crippen LogP contribution in [0.1, 0.15) is 18.5 Å². The number of nitrogens with one attached hydrogen (secondary N) is 1. The smallest absolute Gasteiger partial charge is 0.295 e. The van der Waals surface area contributed by atoms with Gasteiger partial charge in [0.2, 0.25) is 5.91 Å².